The minimum atomic E-state index is -0.314. The normalized spacial score (nSPS) is 9.59. The summed E-state index contributed by atoms with van der Waals surface area (Å²) in [6.07, 6.45) is 0. The van der Waals surface area contributed by atoms with E-state index in [2.05, 4.69) is 10.6 Å². The average molecular weight is 239 g/mol. The molecule has 2 amide bonds. The van der Waals surface area contributed by atoms with Crippen molar-refractivity contribution in [3.8, 4) is 11.5 Å². The lowest BCUT2D eigenvalue weighted by Gasteiger charge is -2.13. The van der Waals surface area contributed by atoms with Gasteiger partial charge in [-0.1, -0.05) is 0 Å². The Hall–Kier alpha value is -2.11. The zero-order chi connectivity index (χ0) is 12.8. The minimum absolute atomic E-state index is 0.314. The van der Waals surface area contributed by atoms with Crippen LogP contribution in [0.1, 0.15) is 6.92 Å². The second-order valence-corrected chi connectivity index (χ2v) is 3.28. The first-order valence-corrected chi connectivity index (χ1v) is 5.18. The van der Waals surface area contributed by atoms with Gasteiger partial charge in [0.05, 0.1) is 25.6 Å². The van der Waals surface area contributed by atoms with Crippen LogP contribution in [-0.2, 0) is 0 Å². The SMILES string of the molecule is CCNC(=O)Nc1cc(OC)c(OC)cc1N. The molecule has 4 N–H and O–H groups in total. The number of rotatable bonds is 4. The second-order valence-electron chi connectivity index (χ2n) is 3.28. The van der Waals surface area contributed by atoms with Gasteiger partial charge in [0, 0.05) is 18.7 Å². The number of anilines is 2. The van der Waals surface area contributed by atoms with Crippen molar-refractivity contribution in [1.82, 2.24) is 5.32 Å². The van der Waals surface area contributed by atoms with E-state index in [9.17, 15) is 4.79 Å². The maximum absolute atomic E-state index is 11.4. The lowest BCUT2D eigenvalue weighted by Crippen LogP contribution is -2.28. The molecule has 0 atom stereocenters. The van der Waals surface area contributed by atoms with Gasteiger partial charge in [-0.25, -0.2) is 4.79 Å². The molecule has 0 aliphatic carbocycles. The van der Waals surface area contributed by atoms with E-state index in [4.69, 9.17) is 15.2 Å². The van der Waals surface area contributed by atoms with Crippen molar-refractivity contribution in [3.05, 3.63) is 12.1 Å². The molecule has 1 aromatic carbocycles. The van der Waals surface area contributed by atoms with E-state index in [-0.39, 0.29) is 6.03 Å². The summed E-state index contributed by atoms with van der Waals surface area (Å²) in [5.74, 6) is 1.03. The van der Waals surface area contributed by atoms with Crippen LogP contribution in [-0.4, -0.2) is 26.8 Å². The molecule has 6 nitrogen and oxygen atoms in total. The van der Waals surface area contributed by atoms with Gasteiger partial charge in [0.25, 0.3) is 0 Å². The van der Waals surface area contributed by atoms with Crippen LogP contribution in [0.15, 0.2) is 12.1 Å². The van der Waals surface area contributed by atoms with E-state index in [1.807, 2.05) is 6.92 Å². The summed E-state index contributed by atoms with van der Waals surface area (Å²) in [5, 5.41) is 5.24. The summed E-state index contributed by atoms with van der Waals surface area (Å²) < 4.78 is 10.2. The lowest BCUT2D eigenvalue weighted by atomic mass is 10.2. The predicted molar refractivity (Wildman–Crippen MR) is 66.7 cm³/mol. The first-order chi connectivity index (χ1) is 8.12. The quantitative estimate of drug-likeness (QED) is 0.694. The van der Waals surface area contributed by atoms with Crippen LogP contribution in [0.2, 0.25) is 0 Å². The zero-order valence-electron chi connectivity index (χ0n) is 10.2. The highest BCUT2D eigenvalue weighted by Gasteiger charge is 2.10. The van der Waals surface area contributed by atoms with Gasteiger partial charge in [-0.2, -0.15) is 0 Å². The van der Waals surface area contributed by atoms with Crippen LogP contribution in [0.3, 0.4) is 0 Å². The minimum Gasteiger partial charge on any atom is -0.493 e. The molecule has 0 radical (unpaired) electrons. The van der Waals surface area contributed by atoms with Gasteiger partial charge < -0.3 is 25.8 Å². The molecular weight excluding hydrogens is 222 g/mol. The Labute approximate surface area is 100 Å². The van der Waals surface area contributed by atoms with Gasteiger partial charge in [0.15, 0.2) is 11.5 Å². The summed E-state index contributed by atoms with van der Waals surface area (Å²) >= 11 is 0. The number of hydrogen-bond donors (Lipinski definition) is 3. The third-order valence-corrected chi connectivity index (χ3v) is 2.14. The number of ether oxygens (including phenoxy) is 2. The van der Waals surface area contributed by atoms with Gasteiger partial charge in [0.2, 0.25) is 0 Å². The van der Waals surface area contributed by atoms with E-state index < -0.39 is 0 Å². The van der Waals surface area contributed by atoms with Crippen LogP contribution in [0.5, 0.6) is 11.5 Å². The fourth-order valence-corrected chi connectivity index (χ4v) is 1.33. The van der Waals surface area contributed by atoms with Crippen molar-refractivity contribution >= 4 is 17.4 Å². The summed E-state index contributed by atoms with van der Waals surface area (Å²) in [6.45, 7) is 2.37. The van der Waals surface area contributed by atoms with Gasteiger partial charge in [-0.05, 0) is 6.92 Å². The molecule has 0 aliphatic rings. The van der Waals surface area contributed by atoms with Crippen molar-refractivity contribution in [3.63, 3.8) is 0 Å². The van der Waals surface area contributed by atoms with E-state index >= 15 is 0 Å². The van der Waals surface area contributed by atoms with Crippen LogP contribution in [0, 0.1) is 0 Å². The maximum Gasteiger partial charge on any atom is 0.319 e. The molecule has 6 heteroatoms. The summed E-state index contributed by atoms with van der Waals surface area (Å²) in [4.78, 5) is 11.4. The second kappa shape index (κ2) is 5.83. The number of hydrogen-bond acceptors (Lipinski definition) is 4. The standard InChI is InChI=1S/C11H17N3O3/c1-4-13-11(15)14-8-6-10(17-3)9(16-2)5-7(8)12/h5-6H,4,12H2,1-3H3,(H2,13,14,15). The van der Waals surface area contributed by atoms with Gasteiger partial charge in [-0.15, -0.1) is 0 Å². The smallest absolute Gasteiger partial charge is 0.319 e. The Bertz CT molecular complexity index is 407. The number of carbonyl (C=O) groups excluding carboxylic acids is 1. The molecule has 0 heterocycles. The number of benzene rings is 1. The topological polar surface area (TPSA) is 85.6 Å². The molecule has 94 valence electrons. The fourth-order valence-electron chi connectivity index (χ4n) is 1.33. The Morgan fingerprint density at radius 3 is 2.41 bits per heavy atom. The fraction of sp³-hybridized carbons (Fsp3) is 0.364. The van der Waals surface area contributed by atoms with Crippen LogP contribution in [0.4, 0.5) is 16.2 Å². The largest absolute Gasteiger partial charge is 0.493 e. The number of carbonyl (C=O) groups is 1. The molecule has 1 aromatic rings. The van der Waals surface area contributed by atoms with E-state index in [1.54, 1.807) is 12.1 Å². The van der Waals surface area contributed by atoms with Crippen LogP contribution < -0.4 is 25.8 Å². The van der Waals surface area contributed by atoms with Gasteiger partial charge in [0.1, 0.15) is 0 Å². The lowest BCUT2D eigenvalue weighted by molar-refractivity contribution is 0.252. The first-order valence-electron chi connectivity index (χ1n) is 5.18. The zero-order valence-corrected chi connectivity index (χ0v) is 10.2. The molecule has 0 saturated heterocycles. The van der Waals surface area contributed by atoms with Crippen molar-refractivity contribution in [2.45, 2.75) is 6.92 Å². The number of methoxy groups -OCH3 is 2. The molecule has 0 fully saturated rings. The molecule has 0 aromatic heterocycles. The Kier molecular flexibility index (Phi) is 4.45. The predicted octanol–water partition coefficient (Wildman–Crippen LogP) is 1.43. The van der Waals surface area contributed by atoms with Crippen LogP contribution in [0.25, 0.3) is 0 Å². The monoisotopic (exact) mass is 239 g/mol. The van der Waals surface area contributed by atoms with Crippen molar-refractivity contribution in [2.75, 3.05) is 31.8 Å². The molecule has 0 spiro atoms. The van der Waals surface area contributed by atoms with Crippen molar-refractivity contribution in [2.24, 2.45) is 0 Å². The van der Waals surface area contributed by atoms with E-state index in [0.29, 0.717) is 29.4 Å². The number of nitrogens with two attached hydrogens (primary N) is 1. The number of amides is 2. The highest BCUT2D eigenvalue weighted by Crippen LogP contribution is 2.34. The summed E-state index contributed by atoms with van der Waals surface area (Å²) in [5.41, 5.74) is 6.68. The Morgan fingerprint density at radius 1 is 1.29 bits per heavy atom. The third kappa shape index (κ3) is 3.17. The highest BCUT2D eigenvalue weighted by atomic mass is 16.5. The average Bonchev–Trinajstić information content (AvgIpc) is 2.31. The number of urea groups is 1. The van der Waals surface area contributed by atoms with E-state index in [1.165, 1.54) is 14.2 Å². The van der Waals surface area contributed by atoms with Crippen molar-refractivity contribution < 1.29 is 14.3 Å². The van der Waals surface area contributed by atoms with E-state index in [0.717, 1.165) is 0 Å². The van der Waals surface area contributed by atoms with Gasteiger partial charge >= 0.3 is 6.03 Å². The Morgan fingerprint density at radius 2 is 1.88 bits per heavy atom. The highest BCUT2D eigenvalue weighted by molar-refractivity contribution is 5.93. The maximum atomic E-state index is 11.4. The molecule has 1 rings (SSSR count). The molecule has 0 bridgehead atoms. The number of nitrogen functional groups attached to an aromatic ring is 1. The van der Waals surface area contributed by atoms with Crippen LogP contribution >= 0.6 is 0 Å². The molecule has 0 saturated carbocycles. The first kappa shape index (κ1) is 13.0. The number of nitrogens with one attached hydrogen (secondary N) is 2. The summed E-state index contributed by atoms with van der Waals surface area (Å²) in [7, 11) is 3.04. The molecule has 0 unspecified atom stereocenters. The van der Waals surface area contributed by atoms with Crippen molar-refractivity contribution in [1.29, 1.82) is 0 Å². The molecule has 0 aliphatic heterocycles. The molecular formula is C11H17N3O3. The van der Waals surface area contributed by atoms with Gasteiger partial charge in [-0.3, -0.25) is 0 Å². The molecule has 17 heavy (non-hydrogen) atoms. The third-order valence-electron chi connectivity index (χ3n) is 2.14. The Balaban J connectivity index is 2.96. The summed E-state index contributed by atoms with van der Waals surface area (Å²) in [6, 6.07) is 2.90.